The SMILES string of the molecule is NC(N)=NCC(=O)O.O=[N+]([O-])O. The van der Waals surface area contributed by atoms with Crippen LogP contribution in [0.25, 0.3) is 0 Å². The van der Waals surface area contributed by atoms with E-state index in [1.165, 1.54) is 0 Å². The fourth-order valence-electron chi connectivity index (χ4n) is 0.159. The lowest BCUT2D eigenvalue weighted by molar-refractivity contribution is -0.742. The Morgan fingerprint density at radius 3 is 2.00 bits per heavy atom. The van der Waals surface area contributed by atoms with Crippen LogP contribution in [0.2, 0.25) is 0 Å². The van der Waals surface area contributed by atoms with E-state index in [-0.39, 0.29) is 12.5 Å². The molecule has 0 saturated carbocycles. The van der Waals surface area contributed by atoms with E-state index in [4.69, 9.17) is 31.9 Å². The molecule has 0 unspecified atom stereocenters. The Bertz CT molecular complexity index is 181. The Labute approximate surface area is 66.4 Å². The second-order valence-electron chi connectivity index (χ2n) is 1.37. The van der Waals surface area contributed by atoms with Gasteiger partial charge < -0.3 is 21.8 Å². The minimum Gasteiger partial charge on any atom is -0.480 e. The van der Waals surface area contributed by atoms with Crippen molar-refractivity contribution in [3.8, 4) is 0 Å². The van der Waals surface area contributed by atoms with Gasteiger partial charge in [0.05, 0.1) is 0 Å². The van der Waals surface area contributed by atoms with Crippen molar-refractivity contribution in [1.29, 1.82) is 0 Å². The molecule has 0 aromatic carbocycles. The molecule has 70 valence electrons. The van der Waals surface area contributed by atoms with Crippen LogP contribution in [0, 0.1) is 10.1 Å². The standard InChI is InChI=1S/C3H7N3O2.HNO3/c4-3(5)6-1-2(7)8;2-1(3)4/h1H2,(H,7,8)(H4,4,5,6);(H,2,3,4). The average molecular weight is 180 g/mol. The molecular formula is C3H8N4O5. The number of carboxylic acids is 1. The minimum atomic E-state index is -1.50. The number of carboxylic acid groups (broad SMARTS) is 1. The summed E-state index contributed by atoms with van der Waals surface area (Å²) < 4.78 is 0. The number of rotatable bonds is 2. The Balaban J connectivity index is 0. The third-order valence-corrected chi connectivity index (χ3v) is 0.397. The molecule has 0 heterocycles. The number of hydrogen-bond donors (Lipinski definition) is 4. The molecule has 6 N–H and O–H groups in total. The highest BCUT2D eigenvalue weighted by Crippen LogP contribution is 1.65. The van der Waals surface area contributed by atoms with Crippen LogP contribution in [0.1, 0.15) is 0 Å². The fraction of sp³-hybridized carbons (Fsp3) is 0.333. The molecule has 0 spiro atoms. The summed E-state index contributed by atoms with van der Waals surface area (Å²) in [5.74, 6) is -1.24. The van der Waals surface area contributed by atoms with Gasteiger partial charge in [0.1, 0.15) is 6.54 Å². The number of hydrogen-bond acceptors (Lipinski definition) is 4. The zero-order valence-corrected chi connectivity index (χ0v) is 5.88. The smallest absolute Gasteiger partial charge is 0.325 e. The molecule has 0 rings (SSSR count). The number of nitrogens with two attached hydrogens (primary N) is 2. The summed E-state index contributed by atoms with van der Waals surface area (Å²) in [6, 6.07) is 0. The van der Waals surface area contributed by atoms with Gasteiger partial charge in [0, 0.05) is 0 Å². The zero-order chi connectivity index (χ0) is 10.1. The van der Waals surface area contributed by atoms with Gasteiger partial charge in [-0.2, -0.15) is 0 Å². The van der Waals surface area contributed by atoms with E-state index in [1.807, 2.05) is 0 Å². The van der Waals surface area contributed by atoms with Crippen molar-refractivity contribution in [3.63, 3.8) is 0 Å². The van der Waals surface area contributed by atoms with Crippen LogP contribution < -0.4 is 11.5 Å². The first-order valence-electron chi connectivity index (χ1n) is 2.46. The van der Waals surface area contributed by atoms with Crippen molar-refractivity contribution in [3.05, 3.63) is 10.1 Å². The molecule has 0 aromatic heterocycles. The van der Waals surface area contributed by atoms with Crippen LogP contribution in [0.5, 0.6) is 0 Å². The van der Waals surface area contributed by atoms with E-state index in [2.05, 4.69) is 4.99 Å². The van der Waals surface area contributed by atoms with Gasteiger partial charge in [0.2, 0.25) is 0 Å². The molecule has 0 radical (unpaired) electrons. The molecule has 12 heavy (non-hydrogen) atoms. The molecule has 0 fully saturated rings. The predicted octanol–water partition coefficient (Wildman–Crippen LogP) is -2.00. The lowest BCUT2D eigenvalue weighted by Crippen LogP contribution is -2.24. The van der Waals surface area contributed by atoms with E-state index < -0.39 is 11.1 Å². The van der Waals surface area contributed by atoms with Crippen LogP contribution >= 0.6 is 0 Å². The molecule has 0 saturated heterocycles. The fourth-order valence-corrected chi connectivity index (χ4v) is 0.159. The Hall–Kier alpha value is -2.06. The van der Waals surface area contributed by atoms with Crippen molar-refractivity contribution in [1.82, 2.24) is 0 Å². The van der Waals surface area contributed by atoms with Gasteiger partial charge >= 0.3 is 5.97 Å². The summed E-state index contributed by atoms with van der Waals surface area (Å²) in [6.07, 6.45) is 0. The molecule has 0 aliphatic heterocycles. The molecule has 0 aromatic rings. The van der Waals surface area contributed by atoms with Crippen LogP contribution in [0.4, 0.5) is 0 Å². The highest BCUT2D eigenvalue weighted by molar-refractivity contribution is 5.79. The summed E-state index contributed by atoms with van der Waals surface area (Å²) in [7, 11) is 0. The Morgan fingerprint density at radius 2 is 1.92 bits per heavy atom. The van der Waals surface area contributed by atoms with E-state index >= 15 is 0 Å². The lowest BCUT2D eigenvalue weighted by atomic mass is 10.7. The van der Waals surface area contributed by atoms with Crippen LogP contribution in [-0.2, 0) is 4.79 Å². The van der Waals surface area contributed by atoms with Gasteiger partial charge in [-0.3, -0.25) is 4.79 Å². The number of carbonyl (C=O) groups is 1. The van der Waals surface area contributed by atoms with Gasteiger partial charge in [0.25, 0.3) is 5.09 Å². The van der Waals surface area contributed by atoms with Crippen LogP contribution in [0.3, 0.4) is 0 Å². The van der Waals surface area contributed by atoms with Gasteiger partial charge in [0.15, 0.2) is 5.96 Å². The molecule has 0 aliphatic rings. The molecule has 9 nitrogen and oxygen atoms in total. The largest absolute Gasteiger partial charge is 0.480 e. The van der Waals surface area contributed by atoms with Gasteiger partial charge in [-0.1, -0.05) is 0 Å². The highest BCUT2D eigenvalue weighted by Gasteiger charge is 1.90. The number of aliphatic carboxylic acids is 1. The maximum atomic E-state index is 9.69. The third kappa shape index (κ3) is 44.2. The number of guanidine groups is 1. The van der Waals surface area contributed by atoms with E-state index in [0.717, 1.165) is 0 Å². The van der Waals surface area contributed by atoms with Crippen molar-refractivity contribution < 1.29 is 20.2 Å². The topological polar surface area (TPSA) is 165 Å². The van der Waals surface area contributed by atoms with E-state index in [0.29, 0.717) is 0 Å². The summed E-state index contributed by atoms with van der Waals surface area (Å²) in [5, 5.41) is 21.6. The number of nitrogens with zero attached hydrogens (tertiary/aromatic N) is 2. The molecule has 0 amide bonds. The van der Waals surface area contributed by atoms with Crippen molar-refractivity contribution in [2.24, 2.45) is 16.5 Å². The van der Waals surface area contributed by atoms with Gasteiger partial charge in [-0.15, -0.1) is 10.1 Å². The van der Waals surface area contributed by atoms with Crippen LogP contribution in [0.15, 0.2) is 4.99 Å². The third-order valence-electron chi connectivity index (χ3n) is 0.397. The molecule has 0 aliphatic carbocycles. The lowest BCUT2D eigenvalue weighted by Gasteiger charge is -1.85. The van der Waals surface area contributed by atoms with E-state index in [9.17, 15) is 4.79 Å². The maximum Gasteiger partial charge on any atom is 0.325 e. The highest BCUT2D eigenvalue weighted by atomic mass is 16.9. The minimum absolute atomic E-state index is 0.201. The quantitative estimate of drug-likeness (QED) is 0.165. The number of aliphatic imine (C=N–C) groups is 1. The second kappa shape index (κ2) is 7.05. The summed E-state index contributed by atoms with van der Waals surface area (Å²) in [5.41, 5.74) is 9.61. The second-order valence-corrected chi connectivity index (χ2v) is 1.37. The van der Waals surface area contributed by atoms with Crippen molar-refractivity contribution >= 4 is 11.9 Å². The first kappa shape index (κ1) is 12.6. The van der Waals surface area contributed by atoms with Crippen LogP contribution in [-0.4, -0.2) is 33.9 Å². The Kier molecular flexibility index (Phi) is 7.41. The Morgan fingerprint density at radius 1 is 1.58 bits per heavy atom. The molecular weight excluding hydrogens is 172 g/mol. The van der Waals surface area contributed by atoms with Crippen molar-refractivity contribution in [2.75, 3.05) is 6.54 Å². The zero-order valence-electron chi connectivity index (χ0n) is 5.88. The summed E-state index contributed by atoms with van der Waals surface area (Å²) in [6.45, 7) is -0.359. The van der Waals surface area contributed by atoms with Crippen molar-refractivity contribution in [2.45, 2.75) is 0 Å². The van der Waals surface area contributed by atoms with Gasteiger partial charge in [-0.05, 0) is 0 Å². The molecule has 0 bridgehead atoms. The maximum absolute atomic E-state index is 9.69. The average Bonchev–Trinajstić information content (AvgIpc) is 1.82. The summed E-state index contributed by atoms with van der Waals surface area (Å²) >= 11 is 0. The monoisotopic (exact) mass is 180 g/mol. The normalized spacial score (nSPS) is 7.33. The molecule has 0 atom stereocenters. The van der Waals surface area contributed by atoms with Gasteiger partial charge in [-0.25, -0.2) is 4.99 Å². The summed E-state index contributed by atoms with van der Waals surface area (Å²) in [4.78, 5) is 21.2. The first-order valence-corrected chi connectivity index (χ1v) is 2.46. The predicted molar refractivity (Wildman–Crippen MR) is 37.1 cm³/mol. The first-order chi connectivity index (χ1) is 5.36. The van der Waals surface area contributed by atoms with E-state index in [1.54, 1.807) is 0 Å². The molecule has 9 heteroatoms.